The van der Waals surface area contributed by atoms with Crippen LogP contribution >= 0.6 is 0 Å². The fourth-order valence-corrected chi connectivity index (χ4v) is 3.66. The Balaban J connectivity index is 1.80. The van der Waals surface area contributed by atoms with Crippen molar-refractivity contribution in [1.29, 1.82) is 0 Å². The predicted octanol–water partition coefficient (Wildman–Crippen LogP) is 4.20. The molecule has 2 aromatic heterocycles. The fraction of sp³-hybridized carbons (Fsp3) is 0.261. The van der Waals surface area contributed by atoms with Gasteiger partial charge in [-0.25, -0.2) is 14.4 Å². The number of nitrogens with zero attached hydrogens (tertiary/aromatic N) is 5. The van der Waals surface area contributed by atoms with E-state index in [2.05, 4.69) is 21.6 Å². The molecule has 0 radical (unpaired) electrons. The van der Waals surface area contributed by atoms with Crippen LogP contribution in [0.25, 0.3) is 23.2 Å². The van der Waals surface area contributed by atoms with E-state index in [1.165, 1.54) is 12.1 Å². The van der Waals surface area contributed by atoms with Gasteiger partial charge in [0.15, 0.2) is 0 Å². The highest BCUT2D eigenvalue weighted by Gasteiger charge is 2.18. The molecule has 3 heterocycles. The maximum atomic E-state index is 13.7. The van der Waals surface area contributed by atoms with E-state index in [4.69, 9.17) is 9.72 Å². The van der Waals surface area contributed by atoms with Crippen LogP contribution in [0.2, 0.25) is 0 Å². The molecule has 1 aromatic carbocycles. The SMILES string of the molecule is C=N/C=C\c1nc(-c2ccc(N3CCOCC3)nc2)n(-c2ccc(F)cc2C)c1C. The van der Waals surface area contributed by atoms with Gasteiger partial charge >= 0.3 is 0 Å². The minimum Gasteiger partial charge on any atom is -0.378 e. The summed E-state index contributed by atoms with van der Waals surface area (Å²) in [7, 11) is 0. The third-order valence-corrected chi connectivity index (χ3v) is 5.22. The van der Waals surface area contributed by atoms with Gasteiger partial charge in [-0.2, -0.15) is 0 Å². The Morgan fingerprint density at radius 1 is 1.17 bits per heavy atom. The summed E-state index contributed by atoms with van der Waals surface area (Å²) in [5.74, 6) is 1.40. The lowest BCUT2D eigenvalue weighted by Crippen LogP contribution is -2.36. The van der Waals surface area contributed by atoms with Crippen LogP contribution in [0.4, 0.5) is 10.2 Å². The number of aromatic nitrogens is 3. The van der Waals surface area contributed by atoms with Gasteiger partial charge in [0, 0.05) is 36.7 Å². The number of ether oxygens (including phenoxy) is 1. The number of morpholine rings is 1. The third-order valence-electron chi connectivity index (χ3n) is 5.22. The van der Waals surface area contributed by atoms with E-state index in [1.54, 1.807) is 12.3 Å². The largest absolute Gasteiger partial charge is 0.378 e. The number of aliphatic imine (C=N–C) groups is 1. The highest BCUT2D eigenvalue weighted by atomic mass is 19.1. The summed E-state index contributed by atoms with van der Waals surface area (Å²) in [6.07, 6.45) is 5.26. The van der Waals surface area contributed by atoms with Gasteiger partial charge in [0.25, 0.3) is 0 Å². The number of benzene rings is 1. The summed E-state index contributed by atoms with van der Waals surface area (Å²) in [6.45, 7) is 10.5. The Bertz CT molecular complexity index is 1080. The molecule has 3 aromatic rings. The van der Waals surface area contributed by atoms with Gasteiger partial charge in [-0.15, -0.1) is 0 Å². The summed E-state index contributed by atoms with van der Waals surface area (Å²) in [5.41, 5.74) is 4.28. The van der Waals surface area contributed by atoms with Crippen molar-refractivity contribution in [3.63, 3.8) is 0 Å². The van der Waals surface area contributed by atoms with Crippen LogP contribution in [0.5, 0.6) is 0 Å². The molecule has 154 valence electrons. The number of hydrogen-bond acceptors (Lipinski definition) is 5. The minimum atomic E-state index is -0.261. The number of aryl methyl sites for hydroxylation is 1. The molecule has 0 aliphatic carbocycles. The van der Waals surface area contributed by atoms with Crippen LogP contribution in [-0.4, -0.2) is 47.6 Å². The van der Waals surface area contributed by atoms with Crippen molar-refractivity contribution in [3.8, 4) is 17.1 Å². The first-order chi connectivity index (χ1) is 14.6. The Hall–Kier alpha value is -3.32. The van der Waals surface area contributed by atoms with Crippen molar-refractivity contribution in [1.82, 2.24) is 14.5 Å². The Morgan fingerprint density at radius 2 is 1.97 bits per heavy atom. The average molecular weight is 405 g/mol. The van der Waals surface area contributed by atoms with E-state index in [1.807, 2.05) is 42.8 Å². The smallest absolute Gasteiger partial charge is 0.147 e. The summed E-state index contributed by atoms with van der Waals surface area (Å²) >= 11 is 0. The Kier molecular flexibility index (Phi) is 5.72. The highest BCUT2D eigenvalue weighted by Crippen LogP contribution is 2.29. The second-order valence-electron chi connectivity index (χ2n) is 7.18. The van der Waals surface area contributed by atoms with E-state index >= 15 is 0 Å². The van der Waals surface area contributed by atoms with Crippen molar-refractivity contribution < 1.29 is 9.13 Å². The van der Waals surface area contributed by atoms with E-state index < -0.39 is 0 Å². The molecular weight excluding hydrogens is 381 g/mol. The third kappa shape index (κ3) is 3.89. The molecule has 0 saturated carbocycles. The van der Waals surface area contributed by atoms with Crippen LogP contribution < -0.4 is 4.90 Å². The predicted molar refractivity (Wildman–Crippen MR) is 118 cm³/mol. The molecule has 7 heteroatoms. The molecule has 30 heavy (non-hydrogen) atoms. The van der Waals surface area contributed by atoms with Crippen LogP contribution in [0.3, 0.4) is 0 Å². The second-order valence-corrected chi connectivity index (χ2v) is 7.18. The van der Waals surface area contributed by atoms with Crippen LogP contribution in [0, 0.1) is 19.7 Å². The lowest BCUT2D eigenvalue weighted by molar-refractivity contribution is 0.122. The number of hydrogen-bond donors (Lipinski definition) is 0. The zero-order valence-electron chi connectivity index (χ0n) is 17.2. The minimum absolute atomic E-state index is 0.261. The van der Waals surface area contributed by atoms with Crippen LogP contribution in [-0.2, 0) is 4.74 Å². The maximum absolute atomic E-state index is 13.7. The lowest BCUT2D eigenvalue weighted by Gasteiger charge is -2.27. The average Bonchev–Trinajstić information content (AvgIpc) is 3.09. The van der Waals surface area contributed by atoms with Gasteiger partial charge in [-0.3, -0.25) is 9.56 Å². The molecule has 0 spiro atoms. The first kappa shape index (κ1) is 20.0. The highest BCUT2D eigenvalue weighted by molar-refractivity contribution is 5.65. The van der Waals surface area contributed by atoms with Gasteiger partial charge in [0.1, 0.15) is 17.5 Å². The lowest BCUT2D eigenvalue weighted by atomic mass is 10.1. The zero-order valence-corrected chi connectivity index (χ0v) is 17.2. The van der Waals surface area contributed by atoms with Crippen molar-refractivity contribution >= 4 is 18.6 Å². The van der Waals surface area contributed by atoms with E-state index in [0.29, 0.717) is 13.2 Å². The number of imidazole rings is 1. The summed E-state index contributed by atoms with van der Waals surface area (Å²) in [5, 5.41) is 0. The monoisotopic (exact) mass is 405 g/mol. The number of rotatable bonds is 5. The quantitative estimate of drug-likeness (QED) is 0.597. The topological polar surface area (TPSA) is 55.5 Å². The number of anilines is 1. The van der Waals surface area contributed by atoms with Crippen LogP contribution in [0.1, 0.15) is 17.0 Å². The molecule has 0 bridgehead atoms. The Morgan fingerprint density at radius 3 is 2.63 bits per heavy atom. The first-order valence-electron chi connectivity index (χ1n) is 9.86. The molecule has 0 amide bonds. The van der Waals surface area contributed by atoms with Crippen LogP contribution in [0.15, 0.2) is 47.7 Å². The van der Waals surface area contributed by atoms with Crippen molar-refractivity contribution in [2.75, 3.05) is 31.2 Å². The summed E-state index contributed by atoms with van der Waals surface area (Å²) in [4.78, 5) is 15.5. The maximum Gasteiger partial charge on any atom is 0.147 e. The van der Waals surface area contributed by atoms with E-state index in [0.717, 1.165) is 52.9 Å². The normalized spacial score (nSPS) is 14.4. The molecule has 1 saturated heterocycles. The molecule has 1 fully saturated rings. The number of pyridine rings is 1. The second kappa shape index (κ2) is 8.59. The molecule has 0 unspecified atom stereocenters. The molecule has 4 rings (SSSR count). The van der Waals surface area contributed by atoms with Gasteiger partial charge in [0.2, 0.25) is 0 Å². The molecular formula is C23H24FN5O. The van der Waals surface area contributed by atoms with E-state index in [9.17, 15) is 4.39 Å². The van der Waals surface area contributed by atoms with E-state index in [-0.39, 0.29) is 5.82 Å². The molecule has 0 N–H and O–H groups in total. The standard InChI is InChI=1S/C23H24FN5O/c1-16-14-19(24)5-6-21(16)29-17(2)20(8-9-25-3)27-23(29)18-4-7-22(26-15-18)28-10-12-30-13-11-28/h4-9,14-15H,3,10-13H2,1-2H3/b9-8-. The molecule has 0 atom stereocenters. The first-order valence-corrected chi connectivity index (χ1v) is 9.86. The molecule has 1 aliphatic rings. The van der Waals surface area contributed by atoms with Gasteiger partial charge in [-0.05, 0) is 62.5 Å². The van der Waals surface area contributed by atoms with Crippen molar-refractivity contribution in [3.05, 3.63) is 65.5 Å². The number of halogens is 1. The van der Waals surface area contributed by atoms with Gasteiger partial charge in [0.05, 0.1) is 24.6 Å². The van der Waals surface area contributed by atoms with Gasteiger partial charge in [-0.1, -0.05) is 0 Å². The van der Waals surface area contributed by atoms with Crippen molar-refractivity contribution in [2.45, 2.75) is 13.8 Å². The molecule has 1 aliphatic heterocycles. The van der Waals surface area contributed by atoms with Crippen molar-refractivity contribution in [2.24, 2.45) is 4.99 Å². The fourth-order valence-electron chi connectivity index (χ4n) is 3.66. The molecule has 6 nitrogen and oxygen atoms in total. The van der Waals surface area contributed by atoms with Gasteiger partial charge < -0.3 is 9.64 Å². The summed E-state index contributed by atoms with van der Waals surface area (Å²) in [6, 6.07) is 8.80. The summed E-state index contributed by atoms with van der Waals surface area (Å²) < 4.78 is 21.2. The zero-order chi connectivity index (χ0) is 21.1. The Labute approximate surface area is 175 Å².